The Hall–Kier alpha value is -2.26. The van der Waals surface area contributed by atoms with Gasteiger partial charge >= 0.3 is 6.18 Å². The van der Waals surface area contributed by atoms with Gasteiger partial charge < -0.3 is 4.90 Å². The second kappa shape index (κ2) is 8.62. The van der Waals surface area contributed by atoms with Gasteiger partial charge in [-0.25, -0.2) is 0 Å². The number of halogens is 4. The Labute approximate surface area is 174 Å². The lowest BCUT2D eigenvalue weighted by Crippen LogP contribution is -2.37. The monoisotopic (exact) mass is 442 g/mol. The summed E-state index contributed by atoms with van der Waals surface area (Å²) in [5, 5.41) is 7.74. The first kappa shape index (κ1) is 21.4. The van der Waals surface area contributed by atoms with Crippen LogP contribution in [0.4, 0.5) is 13.2 Å². The summed E-state index contributed by atoms with van der Waals surface area (Å²) in [6.45, 7) is 4.27. The molecular weight excluding hydrogens is 425 g/mol. The number of alkyl halides is 3. The van der Waals surface area contributed by atoms with E-state index in [0.717, 1.165) is 29.6 Å². The van der Waals surface area contributed by atoms with Gasteiger partial charge in [0.05, 0.1) is 16.3 Å². The van der Waals surface area contributed by atoms with E-state index >= 15 is 0 Å². The van der Waals surface area contributed by atoms with Gasteiger partial charge in [-0.15, -0.1) is 10.2 Å². The fourth-order valence-electron chi connectivity index (χ4n) is 2.74. The number of fused-ring (bicyclic) bond motifs is 1. The molecule has 10 heteroatoms. The van der Waals surface area contributed by atoms with Crippen molar-refractivity contribution >= 4 is 34.9 Å². The normalized spacial score (nSPS) is 12.0. The van der Waals surface area contributed by atoms with Gasteiger partial charge in [-0.2, -0.15) is 13.2 Å². The Bertz CT molecular complexity index is 1010. The molecule has 0 bridgehead atoms. The third-order valence-electron chi connectivity index (χ3n) is 4.22. The zero-order chi connectivity index (χ0) is 21.2. The van der Waals surface area contributed by atoms with Crippen molar-refractivity contribution in [2.75, 3.05) is 5.75 Å². The lowest BCUT2D eigenvalue weighted by atomic mass is 10.2. The van der Waals surface area contributed by atoms with Crippen molar-refractivity contribution in [3.8, 4) is 0 Å². The van der Waals surface area contributed by atoms with Crippen LogP contribution in [0.15, 0.2) is 47.8 Å². The Kier molecular flexibility index (Phi) is 6.38. The zero-order valence-electron chi connectivity index (χ0n) is 15.7. The lowest BCUT2D eigenvalue weighted by molar-refractivity contribution is -0.138. The van der Waals surface area contributed by atoms with Crippen molar-refractivity contribution in [3.05, 3.63) is 58.7 Å². The topological polar surface area (TPSA) is 50.5 Å². The van der Waals surface area contributed by atoms with E-state index in [1.54, 1.807) is 4.90 Å². The number of rotatable bonds is 6. The molecule has 154 valence electrons. The molecule has 0 N–H and O–H groups in total. The molecule has 0 saturated carbocycles. The maximum absolute atomic E-state index is 13.1. The standard InChI is InChI=1S/C19H18ClF3N4OS/c1-12(2)26(9-13-6-4-3-5-7-13)16(28)11-29-18-25-24-17-15(20)8-14(10-27(17)18)19(21,22)23/h3-8,10,12H,9,11H2,1-2H3. The van der Waals surface area contributed by atoms with Gasteiger partial charge in [0.2, 0.25) is 5.91 Å². The predicted octanol–water partition coefficient (Wildman–Crippen LogP) is 4.93. The molecule has 29 heavy (non-hydrogen) atoms. The number of pyridine rings is 1. The van der Waals surface area contributed by atoms with Gasteiger partial charge in [0.1, 0.15) is 0 Å². The number of hydrogen-bond acceptors (Lipinski definition) is 4. The molecular formula is C19H18ClF3N4OS. The number of thioether (sulfide) groups is 1. The Balaban J connectivity index is 1.78. The van der Waals surface area contributed by atoms with Crippen molar-refractivity contribution in [2.45, 2.75) is 37.8 Å². The molecule has 0 aliphatic rings. The second-order valence-corrected chi connectivity index (χ2v) is 7.99. The SMILES string of the molecule is CC(C)N(Cc1ccccc1)C(=O)CSc1nnc2c(Cl)cc(C(F)(F)F)cn12. The van der Waals surface area contributed by atoms with Gasteiger partial charge in [-0.3, -0.25) is 9.20 Å². The summed E-state index contributed by atoms with van der Waals surface area (Å²) in [4.78, 5) is 14.5. The number of benzene rings is 1. The first-order chi connectivity index (χ1) is 13.7. The van der Waals surface area contributed by atoms with E-state index in [9.17, 15) is 18.0 Å². The maximum Gasteiger partial charge on any atom is 0.417 e. The number of carbonyl (C=O) groups excluding carboxylic acids is 1. The van der Waals surface area contributed by atoms with Crippen LogP contribution in [-0.4, -0.2) is 37.2 Å². The van der Waals surface area contributed by atoms with Crippen molar-refractivity contribution in [1.82, 2.24) is 19.5 Å². The third-order valence-corrected chi connectivity index (χ3v) is 5.43. The molecule has 0 unspecified atom stereocenters. The molecule has 0 spiro atoms. The van der Waals surface area contributed by atoms with E-state index in [0.29, 0.717) is 6.54 Å². The average Bonchev–Trinajstić information content (AvgIpc) is 3.08. The van der Waals surface area contributed by atoms with Crippen LogP contribution in [0, 0.1) is 0 Å². The fraction of sp³-hybridized carbons (Fsp3) is 0.316. The highest BCUT2D eigenvalue weighted by atomic mass is 35.5. The summed E-state index contributed by atoms with van der Waals surface area (Å²) >= 11 is 6.94. The van der Waals surface area contributed by atoms with Crippen molar-refractivity contribution in [1.29, 1.82) is 0 Å². The lowest BCUT2D eigenvalue weighted by Gasteiger charge is -2.26. The summed E-state index contributed by atoms with van der Waals surface area (Å²) in [5.74, 6) is -0.136. The van der Waals surface area contributed by atoms with Crippen LogP contribution in [0.1, 0.15) is 25.0 Å². The molecule has 3 rings (SSSR count). The summed E-state index contributed by atoms with van der Waals surface area (Å²) in [5.41, 5.74) is 0.199. The van der Waals surface area contributed by atoms with Gasteiger partial charge in [0.25, 0.3) is 0 Å². The minimum atomic E-state index is -4.55. The van der Waals surface area contributed by atoms with E-state index in [1.165, 1.54) is 4.40 Å². The van der Waals surface area contributed by atoms with E-state index in [2.05, 4.69) is 10.2 Å². The van der Waals surface area contributed by atoms with Crippen molar-refractivity contribution in [2.24, 2.45) is 0 Å². The molecule has 2 aromatic heterocycles. The number of aromatic nitrogens is 3. The molecule has 0 saturated heterocycles. The van der Waals surface area contributed by atoms with Gasteiger partial charge in [-0.05, 0) is 25.5 Å². The van der Waals surface area contributed by atoms with Crippen LogP contribution in [0.2, 0.25) is 5.02 Å². The minimum Gasteiger partial charge on any atom is -0.335 e. The second-order valence-electron chi connectivity index (χ2n) is 6.64. The van der Waals surface area contributed by atoms with Crippen LogP contribution in [-0.2, 0) is 17.5 Å². The largest absolute Gasteiger partial charge is 0.417 e. The molecule has 1 amide bonds. The molecule has 0 radical (unpaired) electrons. The Morgan fingerprint density at radius 2 is 1.93 bits per heavy atom. The summed E-state index contributed by atoms with van der Waals surface area (Å²) in [6.07, 6.45) is -3.66. The fourth-order valence-corrected chi connectivity index (χ4v) is 3.78. The summed E-state index contributed by atoms with van der Waals surface area (Å²) in [6, 6.07) is 10.3. The molecule has 0 aliphatic heterocycles. The predicted molar refractivity (Wildman–Crippen MR) is 106 cm³/mol. The first-order valence-electron chi connectivity index (χ1n) is 8.74. The Morgan fingerprint density at radius 1 is 1.24 bits per heavy atom. The summed E-state index contributed by atoms with van der Waals surface area (Å²) in [7, 11) is 0. The number of nitrogens with zero attached hydrogens (tertiary/aromatic N) is 4. The summed E-state index contributed by atoms with van der Waals surface area (Å²) < 4.78 is 40.4. The van der Waals surface area contributed by atoms with Gasteiger partial charge in [0, 0.05) is 18.8 Å². The number of amides is 1. The van der Waals surface area contributed by atoms with Crippen LogP contribution >= 0.6 is 23.4 Å². The zero-order valence-corrected chi connectivity index (χ0v) is 17.2. The van der Waals surface area contributed by atoms with E-state index in [-0.39, 0.29) is 33.5 Å². The van der Waals surface area contributed by atoms with Gasteiger partial charge in [0.15, 0.2) is 10.8 Å². The van der Waals surface area contributed by atoms with Crippen molar-refractivity contribution in [3.63, 3.8) is 0 Å². The van der Waals surface area contributed by atoms with E-state index < -0.39 is 11.7 Å². The van der Waals surface area contributed by atoms with Crippen LogP contribution < -0.4 is 0 Å². The van der Waals surface area contributed by atoms with Gasteiger partial charge in [-0.1, -0.05) is 53.7 Å². The van der Waals surface area contributed by atoms with Crippen LogP contribution in [0.5, 0.6) is 0 Å². The number of carbonyl (C=O) groups is 1. The molecule has 1 aromatic carbocycles. The van der Waals surface area contributed by atoms with Crippen LogP contribution in [0.3, 0.4) is 0 Å². The molecule has 0 atom stereocenters. The number of hydrogen-bond donors (Lipinski definition) is 0. The quantitative estimate of drug-likeness (QED) is 0.508. The molecule has 5 nitrogen and oxygen atoms in total. The minimum absolute atomic E-state index is 0.0136. The van der Waals surface area contributed by atoms with Crippen LogP contribution in [0.25, 0.3) is 5.65 Å². The Morgan fingerprint density at radius 3 is 2.55 bits per heavy atom. The average molecular weight is 443 g/mol. The third kappa shape index (κ3) is 5.02. The highest BCUT2D eigenvalue weighted by molar-refractivity contribution is 7.99. The molecule has 2 heterocycles. The maximum atomic E-state index is 13.1. The highest BCUT2D eigenvalue weighted by Crippen LogP contribution is 2.33. The first-order valence-corrected chi connectivity index (χ1v) is 10.1. The molecule has 3 aromatic rings. The van der Waals surface area contributed by atoms with Crippen molar-refractivity contribution < 1.29 is 18.0 Å². The molecule has 0 fully saturated rings. The van der Waals surface area contributed by atoms with E-state index in [1.807, 2.05) is 44.2 Å². The molecule has 0 aliphatic carbocycles. The van der Waals surface area contributed by atoms with E-state index in [4.69, 9.17) is 11.6 Å². The smallest absolute Gasteiger partial charge is 0.335 e. The highest BCUT2D eigenvalue weighted by Gasteiger charge is 2.32.